The van der Waals surface area contributed by atoms with E-state index in [2.05, 4.69) is 5.10 Å². The first-order valence-electron chi connectivity index (χ1n) is 9.24. The zero-order valence-corrected chi connectivity index (χ0v) is 15.1. The first-order chi connectivity index (χ1) is 12.6. The number of aromatic nitrogens is 2. The number of piperidine rings is 1. The number of likely N-dealkylation sites (tertiary alicyclic amines) is 1. The third kappa shape index (κ3) is 3.75. The van der Waals surface area contributed by atoms with Crippen molar-refractivity contribution in [3.05, 3.63) is 48.3 Å². The van der Waals surface area contributed by atoms with Gasteiger partial charge in [-0.1, -0.05) is 18.2 Å². The van der Waals surface area contributed by atoms with E-state index in [1.807, 2.05) is 48.4 Å². The molecule has 0 radical (unpaired) electrons. The molecule has 0 aliphatic carbocycles. The Labute approximate surface area is 153 Å². The molecular formula is C20H25N3O3. The maximum absolute atomic E-state index is 12.7. The maximum atomic E-state index is 12.7. The number of hydrogen-bond donors (Lipinski definition) is 0. The molecule has 0 N–H and O–H groups in total. The van der Waals surface area contributed by atoms with Crippen LogP contribution in [0.4, 0.5) is 0 Å². The van der Waals surface area contributed by atoms with Gasteiger partial charge in [-0.2, -0.15) is 5.10 Å². The molecule has 2 aliphatic rings. The molecule has 1 spiro atoms. The highest BCUT2D eigenvalue weighted by Crippen LogP contribution is 2.36. The van der Waals surface area contributed by atoms with Crippen molar-refractivity contribution in [2.24, 2.45) is 0 Å². The van der Waals surface area contributed by atoms with Crippen LogP contribution < -0.4 is 4.74 Å². The quantitative estimate of drug-likeness (QED) is 0.845. The van der Waals surface area contributed by atoms with E-state index in [9.17, 15) is 4.79 Å². The average Bonchev–Trinajstić information content (AvgIpc) is 3.22. The molecule has 0 bridgehead atoms. The fourth-order valence-electron chi connectivity index (χ4n) is 3.96. The Morgan fingerprint density at radius 1 is 1.38 bits per heavy atom. The van der Waals surface area contributed by atoms with E-state index in [1.54, 1.807) is 10.9 Å². The number of carbonyl (C=O) groups is 1. The number of aryl methyl sites for hydroxylation is 1. The fraction of sp³-hybridized carbons (Fsp3) is 0.500. The Hall–Kier alpha value is -2.34. The summed E-state index contributed by atoms with van der Waals surface area (Å²) >= 11 is 0. The highest BCUT2D eigenvalue weighted by molar-refractivity contribution is 5.76. The lowest BCUT2D eigenvalue weighted by Gasteiger charge is -2.39. The zero-order chi connectivity index (χ0) is 18.0. The first-order valence-corrected chi connectivity index (χ1v) is 9.24. The predicted octanol–water partition coefficient (Wildman–Crippen LogP) is 2.42. The molecule has 1 aromatic heterocycles. The van der Waals surface area contributed by atoms with Gasteiger partial charge in [0.25, 0.3) is 0 Å². The van der Waals surface area contributed by atoms with Crippen molar-refractivity contribution in [1.29, 1.82) is 0 Å². The molecule has 26 heavy (non-hydrogen) atoms. The van der Waals surface area contributed by atoms with E-state index < -0.39 is 0 Å². The first kappa shape index (κ1) is 17.1. The normalized spacial score (nSPS) is 25.6. The molecule has 2 fully saturated rings. The van der Waals surface area contributed by atoms with Crippen LogP contribution >= 0.6 is 0 Å². The van der Waals surface area contributed by atoms with Gasteiger partial charge in [0.15, 0.2) is 0 Å². The van der Waals surface area contributed by atoms with Crippen LogP contribution in [0.15, 0.2) is 42.7 Å². The van der Waals surface area contributed by atoms with Crippen molar-refractivity contribution >= 4 is 5.91 Å². The molecule has 6 nitrogen and oxygen atoms in total. The molecule has 1 amide bonds. The number of benzene rings is 1. The molecule has 1 aromatic carbocycles. The number of rotatable bonds is 4. The summed E-state index contributed by atoms with van der Waals surface area (Å²) in [6.45, 7) is 4.27. The Morgan fingerprint density at radius 3 is 3.00 bits per heavy atom. The Balaban J connectivity index is 1.36. The number of para-hydroxylation sites is 1. The van der Waals surface area contributed by atoms with Gasteiger partial charge < -0.3 is 14.4 Å². The summed E-state index contributed by atoms with van der Waals surface area (Å²) < 4.78 is 13.9. The minimum atomic E-state index is -0.270. The lowest BCUT2D eigenvalue weighted by molar-refractivity contribution is -0.140. The highest BCUT2D eigenvalue weighted by Gasteiger charge is 2.45. The van der Waals surface area contributed by atoms with Gasteiger partial charge >= 0.3 is 0 Å². The minimum absolute atomic E-state index is 0.0428. The summed E-state index contributed by atoms with van der Waals surface area (Å²) in [6, 6.07) is 9.85. The predicted molar refractivity (Wildman–Crippen MR) is 96.9 cm³/mol. The Bertz CT molecular complexity index is 761. The van der Waals surface area contributed by atoms with E-state index >= 15 is 0 Å². The average molecular weight is 355 g/mol. The second-order valence-electron chi connectivity index (χ2n) is 7.39. The van der Waals surface area contributed by atoms with Crippen molar-refractivity contribution in [3.8, 4) is 5.75 Å². The topological polar surface area (TPSA) is 56.6 Å². The van der Waals surface area contributed by atoms with Crippen LogP contribution in [0.2, 0.25) is 0 Å². The van der Waals surface area contributed by atoms with E-state index in [1.165, 1.54) is 0 Å². The van der Waals surface area contributed by atoms with Gasteiger partial charge in [0.05, 0.1) is 18.4 Å². The lowest BCUT2D eigenvalue weighted by atomic mass is 9.89. The summed E-state index contributed by atoms with van der Waals surface area (Å²) in [5, 5.41) is 4.22. The van der Waals surface area contributed by atoms with Crippen molar-refractivity contribution in [2.75, 3.05) is 19.7 Å². The van der Waals surface area contributed by atoms with Gasteiger partial charge in [0.1, 0.15) is 18.4 Å². The van der Waals surface area contributed by atoms with Crippen molar-refractivity contribution < 1.29 is 14.3 Å². The third-order valence-corrected chi connectivity index (χ3v) is 5.17. The van der Waals surface area contributed by atoms with E-state index in [-0.39, 0.29) is 24.2 Å². The van der Waals surface area contributed by atoms with E-state index in [0.29, 0.717) is 13.2 Å². The SMILES string of the molecule is Cc1cnn(CC(=O)N2CCC[C@@]3(C[C@@H](Oc4ccccc4)CO3)C2)c1. The van der Waals surface area contributed by atoms with Crippen LogP contribution in [0.5, 0.6) is 5.75 Å². The van der Waals surface area contributed by atoms with Crippen molar-refractivity contribution in [3.63, 3.8) is 0 Å². The maximum Gasteiger partial charge on any atom is 0.244 e. The Kier molecular flexibility index (Phi) is 4.68. The standard InChI is InChI=1S/C20H25N3O3/c1-16-11-21-23(12-16)13-19(24)22-9-5-8-20(15-22)10-18(14-25-20)26-17-6-3-2-4-7-17/h2-4,6-7,11-12,18H,5,8-10,13-15H2,1H3/t18-,20-/m1/s1. The van der Waals surface area contributed by atoms with Crippen LogP contribution in [-0.2, 0) is 16.1 Å². The Morgan fingerprint density at radius 2 is 2.23 bits per heavy atom. The molecule has 2 saturated heterocycles. The summed E-state index contributed by atoms with van der Waals surface area (Å²) in [4.78, 5) is 14.6. The zero-order valence-electron chi connectivity index (χ0n) is 15.1. The van der Waals surface area contributed by atoms with Gasteiger partial charge in [-0.25, -0.2) is 0 Å². The number of nitrogens with zero attached hydrogens (tertiary/aromatic N) is 3. The largest absolute Gasteiger partial charge is 0.488 e. The summed E-state index contributed by atoms with van der Waals surface area (Å²) in [6.07, 6.45) is 6.48. The molecular weight excluding hydrogens is 330 g/mol. The van der Waals surface area contributed by atoms with Crippen molar-refractivity contribution in [2.45, 2.75) is 44.4 Å². The van der Waals surface area contributed by atoms with E-state index in [4.69, 9.17) is 9.47 Å². The smallest absolute Gasteiger partial charge is 0.244 e. The second kappa shape index (κ2) is 7.11. The van der Waals surface area contributed by atoms with Gasteiger partial charge in [0.2, 0.25) is 5.91 Å². The summed E-state index contributed by atoms with van der Waals surface area (Å²) in [5.74, 6) is 0.971. The second-order valence-corrected chi connectivity index (χ2v) is 7.39. The third-order valence-electron chi connectivity index (χ3n) is 5.17. The molecule has 2 atom stereocenters. The van der Waals surface area contributed by atoms with Gasteiger partial charge in [0, 0.05) is 25.7 Å². The monoisotopic (exact) mass is 355 g/mol. The minimum Gasteiger partial charge on any atom is -0.488 e. The molecule has 2 aliphatic heterocycles. The molecule has 0 unspecified atom stereocenters. The van der Waals surface area contributed by atoms with Crippen LogP contribution in [-0.4, -0.2) is 52.0 Å². The van der Waals surface area contributed by atoms with E-state index in [0.717, 1.165) is 37.1 Å². The van der Waals surface area contributed by atoms with Crippen LogP contribution in [0.1, 0.15) is 24.8 Å². The molecule has 138 valence electrons. The van der Waals surface area contributed by atoms with Crippen molar-refractivity contribution in [1.82, 2.24) is 14.7 Å². The molecule has 4 rings (SSSR count). The lowest BCUT2D eigenvalue weighted by Crippen LogP contribution is -2.51. The highest BCUT2D eigenvalue weighted by atomic mass is 16.6. The molecule has 6 heteroatoms. The van der Waals surface area contributed by atoms with Crippen LogP contribution in [0, 0.1) is 6.92 Å². The van der Waals surface area contributed by atoms with Gasteiger partial charge in [-0.3, -0.25) is 9.48 Å². The van der Waals surface area contributed by atoms with Gasteiger partial charge in [-0.05, 0) is 37.5 Å². The number of amides is 1. The molecule has 0 saturated carbocycles. The summed E-state index contributed by atoms with van der Waals surface area (Å²) in [5.41, 5.74) is 0.792. The van der Waals surface area contributed by atoms with Crippen LogP contribution in [0.3, 0.4) is 0 Å². The summed E-state index contributed by atoms with van der Waals surface area (Å²) in [7, 11) is 0. The number of carbonyl (C=O) groups excluding carboxylic acids is 1. The fourth-order valence-corrected chi connectivity index (χ4v) is 3.96. The molecule has 3 heterocycles. The van der Waals surface area contributed by atoms with Crippen LogP contribution in [0.25, 0.3) is 0 Å². The number of hydrogen-bond acceptors (Lipinski definition) is 4. The van der Waals surface area contributed by atoms with Gasteiger partial charge in [-0.15, -0.1) is 0 Å². The number of ether oxygens (including phenoxy) is 2. The molecule has 2 aromatic rings.